The van der Waals surface area contributed by atoms with Crippen LogP contribution in [0, 0.1) is 0 Å². The fourth-order valence-corrected chi connectivity index (χ4v) is 1.60. The molecule has 1 atom stereocenters. The second-order valence-electron chi connectivity index (χ2n) is 5.06. The maximum Gasteiger partial charge on any atom is 0.416 e. The van der Waals surface area contributed by atoms with Gasteiger partial charge >= 0.3 is 6.18 Å². The molecule has 0 heterocycles. The number of halogens is 3. The highest BCUT2D eigenvalue weighted by molar-refractivity contribution is 6.04. The smallest absolute Gasteiger partial charge is 0.416 e. The van der Waals surface area contributed by atoms with Crippen LogP contribution in [0.25, 0.3) is 0 Å². The van der Waals surface area contributed by atoms with Gasteiger partial charge in [0.05, 0.1) is 18.2 Å². The van der Waals surface area contributed by atoms with E-state index in [9.17, 15) is 18.0 Å². The molecule has 0 radical (unpaired) electrons. The van der Waals surface area contributed by atoms with Crippen molar-refractivity contribution in [2.75, 3.05) is 20.3 Å². The summed E-state index contributed by atoms with van der Waals surface area (Å²) >= 11 is 0. The molecule has 1 aromatic rings. The van der Waals surface area contributed by atoms with E-state index in [0.717, 1.165) is 30.7 Å². The molecule has 1 rings (SSSR count). The Balaban J connectivity index is 2.81. The number of hydrogen-bond acceptors (Lipinski definition) is 4. The van der Waals surface area contributed by atoms with E-state index in [2.05, 4.69) is 10.3 Å². The van der Waals surface area contributed by atoms with E-state index >= 15 is 0 Å². The quantitative estimate of drug-likeness (QED) is 0.489. The Morgan fingerprint density at radius 1 is 1.25 bits per heavy atom. The number of ether oxygens (including phenoxy) is 2. The first-order valence-corrected chi connectivity index (χ1v) is 7.46. The van der Waals surface area contributed by atoms with E-state index in [0.29, 0.717) is 6.61 Å². The molecule has 0 aromatic heterocycles. The minimum atomic E-state index is -4.44. The van der Waals surface area contributed by atoms with Gasteiger partial charge in [-0.3, -0.25) is 10.1 Å². The molecule has 0 bridgehead atoms. The van der Waals surface area contributed by atoms with Gasteiger partial charge < -0.3 is 9.47 Å². The number of benzene rings is 1. The van der Waals surface area contributed by atoms with Crippen LogP contribution in [0.2, 0.25) is 0 Å². The van der Waals surface area contributed by atoms with Crippen molar-refractivity contribution in [3.63, 3.8) is 0 Å². The molecule has 0 saturated heterocycles. The van der Waals surface area contributed by atoms with Gasteiger partial charge in [-0.25, -0.2) is 4.99 Å². The van der Waals surface area contributed by atoms with Gasteiger partial charge in [-0.05, 0) is 37.6 Å². The van der Waals surface area contributed by atoms with E-state index in [-0.39, 0.29) is 24.2 Å². The first-order valence-electron chi connectivity index (χ1n) is 7.46. The third-order valence-electron chi connectivity index (χ3n) is 3.15. The number of carbonyl (C=O) groups excluding carboxylic acids is 1. The molecule has 5 nitrogen and oxygen atoms in total. The number of alkyl halides is 3. The Morgan fingerprint density at radius 3 is 2.38 bits per heavy atom. The van der Waals surface area contributed by atoms with E-state index in [1.165, 1.54) is 7.11 Å². The maximum atomic E-state index is 12.5. The normalized spacial score (nSPS) is 13.5. The number of amidine groups is 1. The van der Waals surface area contributed by atoms with Gasteiger partial charge in [0, 0.05) is 12.7 Å². The second-order valence-corrected chi connectivity index (χ2v) is 5.06. The van der Waals surface area contributed by atoms with Crippen molar-refractivity contribution in [3.8, 4) is 0 Å². The fourth-order valence-electron chi connectivity index (χ4n) is 1.60. The summed E-state index contributed by atoms with van der Waals surface area (Å²) in [5, 5.41) is 2.47. The van der Waals surface area contributed by atoms with Crippen molar-refractivity contribution in [2.45, 2.75) is 32.5 Å². The van der Waals surface area contributed by atoms with Gasteiger partial charge in [-0.2, -0.15) is 13.2 Å². The predicted molar refractivity (Wildman–Crippen MR) is 83.9 cm³/mol. The summed E-state index contributed by atoms with van der Waals surface area (Å²) in [6, 6.07) is 3.86. The predicted octanol–water partition coefficient (Wildman–Crippen LogP) is 3.25. The highest BCUT2D eigenvalue weighted by atomic mass is 19.4. The van der Waals surface area contributed by atoms with Crippen molar-refractivity contribution in [3.05, 3.63) is 35.4 Å². The second kappa shape index (κ2) is 9.27. The molecule has 0 aliphatic rings. The highest BCUT2D eigenvalue weighted by Crippen LogP contribution is 2.29. The third kappa shape index (κ3) is 6.57. The average molecular weight is 346 g/mol. The molecule has 1 amide bonds. The first kappa shape index (κ1) is 20.0. The van der Waals surface area contributed by atoms with Crippen molar-refractivity contribution < 1.29 is 27.4 Å². The summed E-state index contributed by atoms with van der Waals surface area (Å²) in [4.78, 5) is 16.4. The molecule has 8 heteroatoms. The zero-order chi connectivity index (χ0) is 18.2. The summed E-state index contributed by atoms with van der Waals surface area (Å²) in [7, 11) is 1.51. The summed E-state index contributed by atoms with van der Waals surface area (Å²) < 4.78 is 47.8. The monoisotopic (exact) mass is 346 g/mol. The SMILES string of the molecule is CC[C@@H](C)N=C(NC(=O)c1ccc(C(F)(F)F)cc1)OCCOC. The lowest BCUT2D eigenvalue weighted by atomic mass is 10.1. The topological polar surface area (TPSA) is 59.9 Å². The van der Waals surface area contributed by atoms with Crippen molar-refractivity contribution in [1.82, 2.24) is 5.32 Å². The summed E-state index contributed by atoms with van der Waals surface area (Å²) in [5.74, 6) is -0.594. The molecule has 0 aliphatic heterocycles. The molecular formula is C16H21F3N2O3. The molecule has 0 saturated carbocycles. The zero-order valence-corrected chi connectivity index (χ0v) is 13.8. The number of rotatable bonds is 6. The molecule has 0 fully saturated rings. The number of nitrogens with one attached hydrogen (secondary N) is 1. The van der Waals surface area contributed by atoms with Gasteiger partial charge in [-0.15, -0.1) is 0 Å². The molecule has 0 spiro atoms. The lowest BCUT2D eigenvalue weighted by Gasteiger charge is -2.13. The average Bonchev–Trinajstić information content (AvgIpc) is 2.54. The Hall–Kier alpha value is -2.09. The standard InChI is InChI=1S/C16H21F3N2O3/c1-4-11(2)20-15(24-10-9-23-3)21-14(22)12-5-7-13(8-6-12)16(17,18)19/h5-8,11H,4,9-10H2,1-3H3,(H,20,21,22)/t11-/m1/s1. The third-order valence-corrected chi connectivity index (χ3v) is 3.15. The number of amides is 1. The zero-order valence-electron chi connectivity index (χ0n) is 13.8. The summed E-state index contributed by atoms with van der Waals surface area (Å²) in [6.45, 7) is 4.29. The number of carbonyl (C=O) groups is 1. The van der Waals surface area contributed by atoms with Gasteiger partial charge in [0.25, 0.3) is 11.9 Å². The van der Waals surface area contributed by atoms with Crippen LogP contribution in [0.1, 0.15) is 36.2 Å². The summed E-state index contributed by atoms with van der Waals surface area (Å²) in [5.41, 5.74) is -0.737. The van der Waals surface area contributed by atoms with Crippen LogP contribution >= 0.6 is 0 Å². The lowest BCUT2D eigenvalue weighted by molar-refractivity contribution is -0.137. The van der Waals surface area contributed by atoms with Crippen molar-refractivity contribution in [2.24, 2.45) is 4.99 Å². The van der Waals surface area contributed by atoms with Crippen LogP contribution in [-0.4, -0.2) is 38.3 Å². The van der Waals surface area contributed by atoms with Crippen LogP contribution in [-0.2, 0) is 15.7 Å². The van der Waals surface area contributed by atoms with Crippen LogP contribution in [0.15, 0.2) is 29.3 Å². The number of aliphatic imine (C=N–C) groups is 1. The molecule has 0 unspecified atom stereocenters. The number of methoxy groups -OCH3 is 1. The number of hydrogen-bond donors (Lipinski definition) is 1. The molecule has 0 aliphatic carbocycles. The van der Waals surface area contributed by atoms with Crippen LogP contribution in [0.3, 0.4) is 0 Å². The minimum Gasteiger partial charge on any atom is -0.463 e. The van der Waals surface area contributed by atoms with E-state index in [4.69, 9.17) is 9.47 Å². The molecule has 24 heavy (non-hydrogen) atoms. The minimum absolute atomic E-state index is 0.0197. The van der Waals surface area contributed by atoms with Gasteiger partial charge in [-0.1, -0.05) is 6.92 Å². The Labute approximate surface area is 138 Å². The Kier molecular flexibility index (Phi) is 7.70. The van der Waals surface area contributed by atoms with E-state index in [1.807, 2.05) is 13.8 Å². The highest BCUT2D eigenvalue weighted by Gasteiger charge is 2.30. The van der Waals surface area contributed by atoms with Crippen LogP contribution in [0.5, 0.6) is 0 Å². The number of nitrogens with zero attached hydrogens (tertiary/aromatic N) is 1. The molecule has 1 aromatic carbocycles. The van der Waals surface area contributed by atoms with Gasteiger partial charge in [0.2, 0.25) is 0 Å². The van der Waals surface area contributed by atoms with Gasteiger partial charge in [0.1, 0.15) is 6.61 Å². The Bertz CT molecular complexity index is 557. The molecular weight excluding hydrogens is 325 g/mol. The first-order chi connectivity index (χ1) is 11.3. The largest absolute Gasteiger partial charge is 0.463 e. The molecule has 1 N–H and O–H groups in total. The van der Waals surface area contributed by atoms with E-state index in [1.54, 1.807) is 0 Å². The van der Waals surface area contributed by atoms with E-state index < -0.39 is 17.6 Å². The van der Waals surface area contributed by atoms with Gasteiger partial charge in [0.15, 0.2) is 0 Å². The van der Waals surface area contributed by atoms with Crippen molar-refractivity contribution in [1.29, 1.82) is 0 Å². The Morgan fingerprint density at radius 2 is 1.88 bits per heavy atom. The summed E-state index contributed by atoms with van der Waals surface area (Å²) in [6.07, 6.45) is -3.70. The maximum absolute atomic E-state index is 12.5. The van der Waals surface area contributed by atoms with Crippen LogP contribution in [0.4, 0.5) is 13.2 Å². The lowest BCUT2D eigenvalue weighted by Crippen LogP contribution is -2.34. The van der Waals surface area contributed by atoms with Crippen molar-refractivity contribution >= 4 is 11.9 Å². The molecule has 134 valence electrons. The van der Waals surface area contributed by atoms with Crippen LogP contribution < -0.4 is 5.32 Å². The fraction of sp³-hybridized carbons (Fsp3) is 0.500.